The number of hydrogen-bond acceptors (Lipinski definition) is 4. The lowest BCUT2D eigenvalue weighted by Crippen LogP contribution is -2.51. The molecule has 280 valence electrons. The fourth-order valence-corrected chi connectivity index (χ4v) is 17.0. The fraction of sp³-hybridized carbons (Fsp3) is 0.372. The lowest BCUT2D eigenvalue weighted by Gasteiger charge is -2.44. The van der Waals surface area contributed by atoms with Crippen molar-refractivity contribution in [3.63, 3.8) is 0 Å². The van der Waals surface area contributed by atoms with E-state index in [2.05, 4.69) is 117 Å². The Morgan fingerprint density at radius 3 is 2.13 bits per heavy atom. The molecule has 3 aromatic carbocycles. The van der Waals surface area contributed by atoms with Crippen LogP contribution in [0.5, 0.6) is 0 Å². The lowest BCUT2D eigenvalue weighted by atomic mass is 10.00. The van der Waals surface area contributed by atoms with Crippen molar-refractivity contribution in [1.29, 1.82) is 0 Å². The Bertz CT molecular complexity index is 2280. The molecule has 0 fully saturated rings. The van der Waals surface area contributed by atoms with E-state index in [-0.39, 0.29) is 11.4 Å². The molecule has 1 N–H and O–H groups in total. The molecule has 0 atom stereocenters. The number of pyridine rings is 1. The first-order valence-electron chi connectivity index (χ1n) is 19.0. The average Bonchev–Trinajstić information content (AvgIpc) is 3.71. The van der Waals surface area contributed by atoms with Gasteiger partial charge in [0.15, 0.2) is 8.24 Å². The van der Waals surface area contributed by atoms with Gasteiger partial charge in [-0.25, -0.2) is 18.1 Å². The van der Waals surface area contributed by atoms with Crippen molar-refractivity contribution in [1.82, 2.24) is 18.5 Å². The van der Waals surface area contributed by atoms with Crippen molar-refractivity contribution < 1.29 is 13.2 Å². The van der Waals surface area contributed by atoms with Crippen LogP contribution in [0.2, 0.25) is 42.3 Å². The minimum absolute atomic E-state index is 0.217. The minimum atomic E-state index is -3.77. The molecule has 0 aliphatic heterocycles. The highest BCUT2D eigenvalue weighted by Crippen LogP contribution is 2.46. The number of nitrogens with zero attached hydrogens (tertiary/aromatic N) is 3. The average molecular weight is 765 g/mol. The van der Waals surface area contributed by atoms with Gasteiger partial charge in [-0.1, -0.05) is 116 Å². The number of benzene rings is 3. The van der Waals surface area contributed by atoms with Gasteiger partial charge < -0.3 is 13.5 Å². The highest BCUT2D eigenvalue weighted by Gasteiger charge is 2.45. The van der Waals surface area contributed by atoms with Crippen LogP contribution in [0.25, 0.3) is 44.3 Å². The Morgan fingerprint density at radius 2 is 1.45 bits per heavy atom. The van der Waals surface area contributed by atoms with Gasteiger partial charge in [0, 0.05) is 43.7 Å². The molecule has 0 saturated heterocycles. The second kappa shape index (κ2) is 15.5. The molecule has 3 heterocycles. The van der Waals surface area contributed by atoms with Crippen LogP contribution in [0.1, 0.15) is 47.1 Å². The predicted octanol–water partition coefficient (Wildman–Crippen LogP) is 11.1. The first-order chi connectivity index (χ1) is 25.1. The molecule has 0 radical (unpaired) electrons. The summed E-state index contributed by atoms with van der Waals surface area (Å²) in [5.41, 5.74) is 8.62. The highest BCUT2D eigenvalue weighted by molar-refractivity contribution is 7.89. The molecule has 6 aromatic rings. The third kappa shape index (κ3) is 7.75. The van der Waals surface area contributed by atoms with Crippen molar-refractivity contribution in [2.75, 3.05) is 6.61 Å². The van der Waals surface area contributed by atoms with E-state index in [1.165, 1.54) is 10.9 Å². The number of sulfonamides is 1. The number of hydrogen-bond donors (Lipinski definition) is 1. The van der Waals surface area contributed by atoms with Gasteiger partial charge in [0.25, 0.3) is 0 Å². The Balaban J connectivity index is 1.48. The van der Waals surface area contributed by atoms with Crippen molar-refractivity contribution in [2.45, 2.75) is 102 Å². The zero-order chi connectivity index (χ0) is 38.1. The van der Waals surface area contributed by atoms with Crippen molar-refractivity contribution in [3.05, 3.63) is 109 Å². The Kier molecular flexibility index (Phi) is 11.4. The molecule has 0 unspecified atom stereocenters. The van der Waals surface area contributed by atoms with Crippen LogP contribution in [0.3, 0.4) is 0 Å². The molecule has 0 spiro atoms. The van der Waals surface area contributed by atoms with Crippen LogP contribution in [-0.4, -0.2) is 45.1 Å². The van der Waals surface area contributed by atoms with E-state index in [4.69, 9.17) is 9.72 Å². The van der Waals surface area contributed by atoms with E-state index in [0.29, 0.717) is 30.0 Å². The van der Waals surface area contributed by atoms with Crippen LogP contribution in [-0.2, 0) is 28.0 Å². The van der Waals surface area contributed by atoms with Gasteiger partial charge in [0.2, 0.25) is 10.0 Å². The van der Waals surface area contributed by atoms with Gasteiger partial charge in [-0.2, -0.15) is 0 Å². The molecule has 6 rings (SSSR count). The normalized spacial score (nSPS) is 13.0. The summed E-state index contributed by atoms with van der Waals surface area (Å²) in [6.45, 7) is 22.7. The van der Waals surface area contributed by atoms with Crippen molar-refractivity contribution in [2.24, 2.45) is 0 Å². The smallest absolute Gasteiger partial charge is 0.240 e. The molecule has 0 bridgehead atoms. The summed E-state index contributed by atoms with van der Waals surface area (Å²) in [7, 11) is -7.07. The minimum Gasteiger partial charge on any atom is -0.373 e. The summed E-state index contributed by atoms with van der Waals surface area (Å²) in [6.07, 6.45) is 4.24. The number of ether oxygens (including phenoxy) is 1. The molecule has 0 aliphatic rings. The van der Waals surface area contributed by atoms with Crippen LogP contribution >= 0.6 is 0 Å². The summed E-state index contributed by atoms with van der Waals surface area (Å²) in [6, 6.07) is 31.1. The SMILES string of the molecule is CC(C)[Si](C(C)C)(C(C)C)n1ccc2c(-c3ccnc4c3cc(-c3cccc(S(=O)(=O)NCc5ccccc5)c3)n4COCC[Si](C)(C)C)cccc21. The maximum Gasteiger partial charge on any atom is 0.240 e. The van der Waals surface area contributed by atoms with E-state index in [1.807, 2.05) is 48.7 Å². The molecule has 10 heteroatoms. The first kappa shape index (κ1) is 38.9. The third-order valence-electron chi connectivity index (χ3n) is 11.0. The van der Waals surface area contributed by atoms with Gasteiger partial charge >= 0.3 is 0 Å². The maximum absolute atomic E-state index is 13.6. The van der Waals surface area contributed by atoms with Crippen LogP contribution < -0.4 is 4.72 Å². The summed E-state index contributed by atoms with van der Waals surface area (Å²) in [5.74, 6) is 0. The highest BCUT2D eigenvalue weighted by atomic mass is 32.2. The van der Waals surface area contributed by atoms with E-state index in [9.17, 15) is 8.42 Å². The van der Waals surface area contributed by atoms with Crippen LogP contribution in [0, 0.1) is 0 Å². The quantitative estimate of drug-likeness (QED) is 0.0834. The Labute approximate surface area is 318 Å². The molecule has 3 aromatic heterocycles. The summed E-state index contributed by atoms with van der Waals surface area (Å²) >= 11 is 0. The molecule has 53 heavy (non-hydrogen) atoms. The summed E-state index contributed by atoms with van der Waals surface area (Å²) in [5, 5.41) is 2.24. The first-order valence-corrected chi connectivity index (χ1v) is 26.3. The number of nitrogens with one attached hydrogen (secondary N) is 1. The molecule has 0 saturated carbocycles. The van der Waals surface area contributed by atoms with Gasteiger partial charge in [-0.05, 0) is 87.5 Å². The second-order valence-corrected chi connectivity index (χ2v) is 29.6. The number of rotatable bonds is 15. The van der Waals surface area contributed by atoms with Gasteiger partial charge in [0.05, 0.1) is 10.6 Å². The molecular weight excluding hydrogens is 709 g/mol. The van der Waals surface area contributed by atoms with E-state index in [1.54, 1.807) is 12.1 Å². The summed E-state index contributed by atoms with van der Waals surface area (Å²) < 4.78 is 41.0. The van der Waals surface area contributed by atoms with E-state index < -0.39 is 26.3 Å². The standard InChI is InChI=1S/C43H56N4O3SSi2/c1-31(2)53(32(3)4,33(5)6)47-24-22-39-37(19-14-20-41(39)47)38-21-23-44-43-40(38)28-42(46(43)30-50-25-26-52(7,8)9)35-17-13-18-36(27-35)51(48,49)45-29-34-15-11-10-12-16-34/h10-24,27-28,31-33,45H,25-26,29-30H2,1-9H3. The van der Waals surface area contributed by atoms with Crippen molar-refractivity contribution in [3.8, 4) is 22.4 Å². The van der Waals surface area contributed by atoms with E-state index in [0.717, 1.165) is 45.0 Å². The van der Waals surface area contributed by atoms with Gasteiger partial charge in [0.1, 0.15) is 12.4 Å². The zero-order valence-electron chi connectivity index (χ0n) is 32.9. The van der Waals surface area contributed by atoms with Crippen LogP contribution in [0.15, 0.2) is 108 Å². The topological polar surface area (TPSA) is 78.2 Å². The third-order valence-corrected chi connectivity index (χ3v) is 20.9. The Morgan fingerprint density at radius 1 is 0.774 bits per heavy atom. The molecule has 0 aliphatic carbocycles. The monoisotopic (exact) mass is 764 g/mol. The molecular formula is C43H56N4O3SSi2. The number of fused-ring (bicyclic) bond motifs is 2. The predicted molar refractivity (Wildman–Crippen MR) is 227 cm³/mol. The van der Waals surface area contributed by atoms with Gasteiger partial charge in [-0.15, -0.1) is 0 Å². The van der Waals surface area contributed by atoms with E-state index >= 15 is 0 Å². The fourth-order valence-electron chi connectivity index (χ4n) is 8.54. The zero-order valence-corrected chi connectivity index (χ0v) is 35.7. The second-order valence-electron chi connectivity index (χ2n) is 16.5. The molecule has 0 amide bonds. The van der Waals surface area contributed by atoms with Crippen LogP contribution in [0.4, 0.5) is 0 Å². The maximum atomic E-state index is 13.6. The van der Waals surface area contributed by atoms with Crippen molar-refractivity contribution >= 4 is 48.3 Å². The number of aromatic nitrogens is 3. The lowest BCUT2D eigenvalue weighted by molar-refractivity contribution is 0.0909. The summed E-state index contributed by atoms with van der Waals surface area (Å²) in [4.78, 5) is 5.15. The molecule has 7 nitrogen and oxygen atoms in total. The van der Waals surface area contributed by atoms with Gasteiger partial charge in [-0.3, -0.25) is 0 Å². The Hall–Kier alpha value is -3.81. The largest absolute Gasteiger partial charge is 0.373 e.